The van der Waals surface area contributed by atoms with Crippen molar-refractivity contribution in [1.82, 2.24) is 0 Å². The summed E-state index contributed by atoms with van der Waals surface area (Å²) in [6.07, 6.45) is 2.19. The van der Waals surface area contributed by atoms with Gasteiger partial charge in [-0.1, -0.05) is 55.8 Å². The molecule has 0 radical (unpaired) electrons. The first-order chi connectivity index (χ1) is 8.93. The molecule has 0 aromatic heterocycles. The van der Waals surface area contributed by atoms with Gasteiger partial charge in [0.25, 0.3) is 0 Å². The Labute approximate surface area is 115 Å². The van der Waals surface area contributed by atoms with Crippen LogP contribution >= 0.6 is 0 Å². The minimum Gasteiger partial charge on any atom is -0.461 e. The highest BCUT2D eigenvalue weighted by Crippen LogP contribution is 2.59. The number of benzene rings is 1. The Kier molecular flexibility index (Phi) is 3.79. The third-order valence-electron chi connectivity index (χ3n) is 3.90. The molecule has 1 fully saturated rings. The van der Waals surface area contributed by atoms with Crippen LogP contribution < -0.4 is 0 Å². The molecule has 0 amide bonds. The summed E-state index contributed by atoms with van der Waals surface area (Å²) >= 11 is 0. The maximum absolute atomic E-state index is 12.1. The topological polar surface area (TPSA) is 26.3 Å². The zero-order valence-electron chi connectivity index (χ0n) is 12.1. The molecule has 1 aliphatic rings. The SMILES string of the molecule is CC(C)=CC1C(C(=O)OCc2ccccc2)C1(C)C. The fraction of sp³-hybridized carbons (Fsp3) is 0.471. The number of esters is 1. The molecule has 102 valence electrons. The Bertz CT molecular complexity index is 481. The van der Waals surface area contributed by atoms with Crippen LogP contribution in [0.4, 0.5) is 0 Å². The lowest BCUT2D eigenvalue weighted by Gasteiger charge is -2.05. The predicted molar refractivity (Wildman–Crippen MR) is 76.4 cm³/mol. The van der Waals surface area contributed by atoms with E-state index in [1.807, 2.05) is 30.3 Å². The van der Waals surface area contributed by atoms with Gasteiger partial charge in [-0.2, -0.15) is 0 Å². The average molecular weight is 258 g/mol. The lowest BCUT2D eigenvalue weighted by Crippen LogP contribution is -2.10. The smallest absolute Gasteiger partial charge is 0.310 e. The van der Waals surface area contributed by atoms with Crippen LogP contribution in [0.1, 0.15) is 33.3 Å². The standard InChI is InChI=1S/C17H22O2/c1-12(2)10-14-15(17(14,3)4)16(18)19-11-13-8-6-5-7-9-13/h5-10,14-15H,11H2,1-4H3. The van der Waals surface area contributed by atoms with Gasteiger partial charge in [0.2, 0.25) is 0 Å². The Morgan fingerprint density at radius 3 is 2.47 bits per heavy atom. The molecule has 1 aliphatic carbocycles. The van der Waals surface area contributed by atoms with Crippen LogP contribution in [0.2, 0.25) is 0 Å². The van der Waals surface area contributed by atoms with E-state index in [-0.39, 0.29) is 17.3 Å². The van der Waals surface area contributed by atoms with E-state index in [4.69, 9.17) is 4.74 Å². The normalized spacial score (nSPS) is 23.6. The fourth-order valence-electron chi connectivity index (χ4n) is 2.62. The lowest BCUT2D eigenvalue weighted by atomic mass is 10.1. The fourth-order valence-corrected chi connectivity index (χ4v) is 2.62. The molecule has 2 unspecified atom stereocenters. The van der Waals surface area contributed by atoms with Crippen molar-refractivity contribution in [3.05, 3.63) is 47.5 Å². The van der Waals surface area contributed by atoms with Crippen LogP contribution in [-0.4, -0.2) is 5.97 Å². The van der Waals surface area contributed by atoms with Crippen molar-refractivity contribution in [2.45, 2.75) is 34.3 Å². The molecule has 1 aromatic carbocycles. The average Bonchev–Trinajstić information content (AvgIpc) is 2.88. The number of rotatable bonds is 4. The van der Waals surface area contributed by atoms with Gasteiger partial charge in [-0.3, -0.25) is 4.79 Å². The van der Waals surface area contributed by atoms with Crippen molar-refractivity contribution in [3.63, 3.8) is 0 Å². The van der Waals surface area contributed by atoms with Gasteiger partial charge in [0.15, 0.2) is 0 Å². The molecule has 1 aromatic rings. The van der Waals surface area contributed by atoms with Crippen LogP contribution in [0, 0.1) is 17.3 Å². The van der Waals surface area contributed by atoms with Gasteiger partial charge in [-0.05, 0) is 30.7 Å². The van der Waals surface area contributed by atoms with E-state index in [2.05, 4.69) is 33.8 Å². The second-order valence-corrected chi connectivity index (χ2v) is 6.16. The highest BCUT2D eigenvalue weighted by molar-refractivity contribution is 5.78. The number of allylic oxidation sites excluding steroid dienone is 2. The van der Waals surface area contributed by atoms with Crippen LogP contribution in [0.5, 0.6) is 0 Å². The van der Waals surface area contributed by atoms with Gasteiger partial charge in [-0.25, -0.2) is 0 Å². The van der Waals surface area contributed by atoms with Gasteiger partial charge < -0.3 is 4.74 Å². The molecule has 2 nitrogen and oxygen atoms in total. The first-order valence-corrected chi connectivity index (χ1v) is 6.78. The van der Waals surface area contributed by atoms with E-state index in [9.17, 15) is 4.79 Å². The van der Waals surface area contributed by atoms with E-state index in [1.165, 1.54) is 5.57 Å². The molecule has 0 spiro atoms. The molecule has 0 N–H and O–H groups in total. The summed E-state index contributed by atoms with van der Waals surface area (Å²) < 4.78 is 5.43. The zero-order valence-corrected chi connectivity index (χ0v) is 12.1. The molecule has 19 heavy (non-hydrogen) atoms. The highest BCUT2D eigenvalue weighted by Gasteiger charge is 2.61. The number of carbonyl (C=O) groups excluding carboxylic acids is 1. The summed E-state index contributed by atoms with van der Waals surface area (Å²) in [4.78, 5) is 12.1. The van der Waals surface area contributed by atoms with Crippen molar-refractivity contribution in [3.8, 4) is 0 Å². The minimum atomic E-state index is -0.0728. The lowest BCUT2D eigenvalue weighted by molar-refractivity contribution is -0.147. The van der Waals surface area contributed by atoms with Crippen molar-refractivity contribution in [2.24, 2.45) is 17.3 Å². The monoisotopic (exact) mass is 258 g/mol. The maximum Gasteiger partial charge on any atom is 0.310 e. The van der Waals surface area contributed by atoms with Crippen molar-refractivity contribution in [1.29, 1.82) is 0 Å². The first-order valence-electron chi connectivity index (χ1n) is 6.78. The molecule has 2 heteroatoms. The van der Waals surface area contributed by atoms with E-state index >= 15 is 0 Å². The van der Waals surface area contributed by atoms with Gasteiger partial charge in [0, 0.05) is 0 Å². The molecular formula is C17H22O2. The second kappa shape index (κ2) is 5.20. The Morgan fingerprint density at radius 1 is 1.26 bits per heavy atom. The largest absolute Gasteiger partial charge is 0.461 e. The molecule has 0 bridgehead atoms. The number of hydrogen-bond donors (Lipinski definition) is 0. The second-order valence-electron chi connectivity index (χ2n) is 6.16. The number of hydrogen-bond acceptors (Lipinski definition) is 2. The predicted octanol–water partition coefficient (Wildman–Crippen LogP) is 3.97. The highest BCUT2D eigenvalue weighted by atomic mass is 16.5. The number of carbonyl (C=O) groups is 1. The van der Waals surface area contributed by atoms with Crippen molar-refractivity contribution < 1.29 is 9.53 Å². The summed E-state index contributed by atoms with van der Waals surface area (Å²) in [6.45, 7) is 8.77. The number of ether oxygens (including phenoxy) is 1. The molecular weight excluding hydrogens is 236 g/mol. The van der Waals surface area contributed by atoms with Gasteiger partial charge in [0.05, 0.1) is 5.92 Å². The first kappa shape index (κ1) is 13.9. The zero-order chi connectivity index (χ0) is 14.0. The van der Waals surface area contributed by atoms with Crippen molar-refractivity contribution in [2.75, 3.05) is 0 Å². The molecule has 0 heterocycles. The molecule has 2 atom stereocenters. The van der Waals surface area contributed by atoms with E-state index < -0.39 is 0 Å². The maximum atomic E-state index is 12.1. The van der Waals surface area contributed by atoms with Gasteiger partial charge in [0.1, 0.15) is 6.61 Å². The summed E-state index contributed by atoms with van der Waals surface area (Å²) in [5.41, 5.74) is 2.33. The van der Waals surface area contributed by atoms with Gasteiger partial charge in [-0.15, -0.1) is 0 Å². The minimum absolute atomic E-state index is 0.00566. The van der Waals surface area contributed by atoms with Crippen LogP contribution in [0.25, 0.3) is 0 Å². The Morgan fingerprint density at radius 2 is 1.89 bits per heavy atom. The van der Waals surface area contributed by atoms with Gasteiger partial charge >= 0.3 is 5.97 Å². The summed E-state index contributed by atoms with van der Waals surface area (Å²) in [7, 11) is 0. The third-order valence-corrected chi connectivity index (χ3v) is 3.90. The van der Waals surface area contributed by atoms with E-state index in [1.54, 1.807) is 0 Å². The quantitative estimate of drug-likeness (QED) is 0.603. The molecule has 0 saturated heterocycles. The Hall–Kier alpha value is -1.57. The molecule has 1 saturated carbocycles. The van der Waals surface area contributed by atoms with Crippen LogP contribution in [0.15, 0.2) is 42.0 Å². The van der Waals surface area contributed by atoms with Crippen molar-refractivity contribution >= 4 is 5.97 Å². The van der Waals surface area contributed by atoms with Crippen LogP contribution in [-0.2, 0) is 16.1 Å². The Balaban J connectivity index is 1.93. The summed E-state index contributed by atoms with van der Waals surface area (Å²) in [5, 5.41) is 0. The summed E-state index contributed by atoms with van der Waals surface area (Å²) in [5.74, 6) is 0.253. The summed E-state index contributed by atoms with van der Waals surface area (Å²) in [6, 6.07) is 9.81. The van der Waals surface area contributed by atoms with E-state index in [0.29, 0.717) is 12.5 Å². The molecule has 2 rings (SSSR count). The van der Waals surface area contributed by atoms with E-state index in [0.717, 1.165) is 5.56 Å². The third kappa shape index (κ3) is 3.06. The van der Waals surface area contributed by atoms with Crippen LogP contribution in [0.3, 0.4) is 0 Å². The molecule has 0 aliphatic heterocycles.